The molecule has 3 rings (SSSR count). The topological polar surface area (TPSA) is 97.6 Å². The van der Waals surface area contributed by atoms with Gasteiger partial charge in [-0.15, -0.1) is 0 Å². The van der Waals surface area contributed by atoms with Gasteiger partial charge in [-0.2, -0.15) is 5.10 Å². The molecule has 8 nitrogen and oxygen atoms in total. The van der Waals surface area contributed by atoms with Crippen molar-refractivity contribution in [3.05, 3.63) is 54.4 Å². The molecule has 0 unspecified atom stereocenters. The summed E-state index contributed by atoms with van der Waals surface area (Å²) >= 11 is 0. The number of carbonyl (C=O) groups is 1. The van der Waals surface area contributed by atoms with Crippen molar-refractivity contribution in [2.75, 3.05) is 10.6 Å². The van der Waals surface area contributed by atoms with Gasteiger partial charge in [-0.1, -0.05) is 0 Å². The zero-order valence-electron chi connectivity index (χ0n) is 12.7. The Kier molecular flexibility index (Phi) is 3.96. The van der Waals surface area contributed by atoms with E-state index in [0.717, 1.165) is 5.69 Å². The number of nitrogens with zero attached hydrogens (tertiary/aromatic N) is 5. The van der Waals surface area contributed by atoms with Gasteiger partial charge in [0.25, 0.3) is 5.91 Å². The summed E-state index contributed by atoms with van der Waals surface area (Å²) in [7, 11) is 1.78. The Morgan fingerprint density at radius 3 is 2.83 bits per heavy atom. The molecule has 3 heterocycles. The summed E-state index contributed by atoms with van der Waals surface area (Å²) < 4.78 is 1.60. The summed E-state index contributed by atoms with van der Waals surface area (Å²) in [5.41, 5.74) is 1.56. The molecule has 0 radical (unpaired) electrons. The Morgan fingerprint density at radius 2 is 2.13 bits per heavy atom. The third-order valence-electron chi connectivity index (χ3n) is 2.99. The van der Waals surface area contributed by atoms with Gasteiger partial charge >= 0.3 is 0 Å². The van der Waals surface area contributed by atoms with Crippen LogP contribution in [0.3, 0.4) is 0 Å². The highest BCUT2D eigenvalue weighted by molar-refractivity contribution is 6.05. The second-order valence-electron chi connectivity index (χ2n) is 4.90. The van der Waals surface area contributed by atoms with Gasteiger partial charge in [-0.3, -0.25) is 14.5 Å². The summed E-state index contributed by atoms with van der Waals surface area (Å²) in [5.74, 6) is 0.427. The van der Waals surface area contributed by atoms with E-state index in [9.17, 15) is 4.79 Å². The maximum Gasteiger partial charge on any atom is 0.279 e. The highest BCUT2D eigenvalue weighted by atomic mass is 16.2. The van der Waals surface area contributed by atoms with Crippen LogP contribution in [0.25, 0.3) is 0 Å². The maximum atomic E-state index is 12.5. The van der Waals surface area contributed by atoms with Crippen LogP contribution in [-0.2, 0) is 7.05 Å². The number of nitrogens with one attached hydrogen (secondary N) is 2. The number of hydrogen-bond donors (Lipinski definition) is 2. The second-order valence-corrected chi connectivity index (χ2v) is 4.90. The summed E-state index contributed by atoms with van der Waals surface area (Å²) in [6.45, 7) is 1.78. The number of hydrogen-bond acceptors (Lipinski definition) is 6. The average Bonchev–Trinajstić information content (AvgIpc) is 2.95. The first kappa shape index (κ1) is 14.6. The smallest absolute Gasteiger partial charge is 0.279 e. The SMILES string of the molecule is Cc1cnc(Nc2cccnc2)c(C(=O)Nc2ccn(C)n2)n1. The molecule has 0 atom stereocenters. The number of aromatic nitrogens is 5. The number of aryl methyl sites for hydroxylation is 2. The monoisotopic (exact) mass is 309 g/mol. The molecular formula is C15H15N7O. The highest BCUT2D eigenvalue weighted by Gasteiger charge is 2.16. The zero-order valence-corrected chi connectivity index (χ0v) is 12.7. The number of pyridine rings is 1. The molecule has 0 aliphatic rings. The van der Waals surface area contributed by atoms with E-state index in [-0.39, 0.29) is 11.6 Å². The predicted octanol–water partition coefficient (Wildman–Crippen LogP) is 1.91. The first-order valence-corrected chi connectivity index (χ1v) is 6.93. The van der Waals surface area contributed by atoms with Crippen LogP contribution >= 0.6 is 0 Å². The van der Waals surface area contributed by atoms with Crippen molar-refractivity contribution in [3.8, 4) is 0 Å². The first-order valence-electron chi connectivity index (χ1n) is 6.93. The second kappa shape index (κ2) is 6.22. The van der Waals surface area contributed by atoms with E-state index in [4.69, 9.17) is 0 Å². The van der Waals surface area contributed by atoms with Crippen LogP contribution in [0.5, 0.6) is 0 Å². The summed E-state index contributed by atoms with van der Waals surface area (Å²) in [6, 6.07) is 5.32. The molecule has 3 aromatic heterocycles. The fourth-order valence-electron chi connectivity index (χ4n) is 1.96. The lowest BCUT2D eigenvalue weighted by atomic mass is 10.3. The Morgan fingerprint density at radius 1 is 1.26 bits per heavy atom. The van der Waals surface area contributed by atoms with Crippen LogP contribution in [0.4, 0.5) is 17.3 Å². The largest absolute Gasteiger partial charge is 0.337 e. The molecule has 0 aliphatic carbocycles. The van der Waals surface area contributed by atoms with Gasteiger partial charge in [0, 0.05) is 25.5 Å². The van der Waals surface area contributed by atoms with Crippen molar-refractivity contribution in [1.29, 1.82) is 0 Å². The van der Waals surface area contributed by atoms with Gasteiger partial charge < -0.3 is 10.6 Å². The Balaban J connectivity index is 1.88. The Bertz CT molecular complexity index is 829. The third kappa shape index (κ3) is 3.49. The molecule has 116 valence electrons. The van der Waals surface area contributed by atoms with E-state index in [1.54, 1.807) is 55.6 Å². The molecule has 0 bridgehead atoms. The summed E-state index contributed by atoms with van der Waals surface area (Å²) in [4.78, 5) is 25.0. The highest BCUT2D eigenvalue weighted by Crippen LogP contribution is 2.17. The first-order chi connectivity index (χ1) is 11.1. The fraction of sp³-hybridized carbons (Fsp3) is 0.133. The van der Waals surface area contributed by atoms with E-state index in [2.05, 4.69) is 30.7 Å². The van der Waals surface area contributed by atoms with Crippen LogP contribution in [0, 0.1) is 6.92 Å². The summed E-state index contributed by atoms with van der Waals surface area (Å²) in [5, 5.41) is 9.87. The lowest BCUT2D eigenvalue weighted by Gasteiger charge is -2.10. The normalized spacial score (nSPS) is 10.3. The quantitative estimate of drug-likeness (QED) is 0.764. The fourth-order valence-corrected chi connectivity index (χ4v) is 1.96. The zero-order chi connectivity index (χ0) is 16.2. The molecule has 3 aromatic rings. The van der Waals surface area contributed by atoms with Gasteiger partial charge in [0.15, 0.2) is 17.3 Å². The lowest BCUT2D eigenvalue weighted by molar-refractivity contribution is 0.102. The standard InChI is InChI=1S/C15H15N7O/c1-10-8-17-14(19-11-4-3-6-16-9-11)13(18-10)15(23)20-12-5-7-22(2)21-12/h3-9H,1-2H3,(H,17,19)(H,20,21,23). The number of amides is 1. The molecule has 8 heteroatoms. The van der Waals surface area contributed by atoms with Crippen LogP contribution in [-0.4, -0.2) is 30.6 Å². The average molecular weight is 309 g/mol. The van der Waals surface area contributed by atoms with Gasteiger partial charge in [0.05, 0.1) is 23.8 Å². The molecule has 1 amide bonds. The minimum Gasteiger partial charge on any atom is -0.337 e. The van der Waals surface area contributed by atoms with Crippen LogP contribution < -0.4 is 10.6 Å². The molecular weight excluding hydrogens is 294 g/mol. The number of rotatable bonds is 4. The van der Waals surface area contributed by atoms with Crippen LogP contribution in [0.1, 0.15) is 16.2 Å². The van der Waals surface area contributed by atoms with Crippen molar-refractivity contribution in [1.82, 2.24) is 24.7 Å². The van der Waals surface area contributed by atoms with Crippen LogP contribution in [0.15, 0.2) is 43.0 Å². The number of anilines is 3. The molecule has 2 N–H and O–H groups in total. The molecule has 0 fully saturated rings. The van der Waals surface area contributed by atoms with Crippen molar-refractivity contribution >= 4 is 23.2 Å². The lowest BCUT2D eigenvalue weighted by Crippen LogP contribution is -2.17. The summed E-state index contributed by atoms with van der Waals surface area (Å²) in [6.07, 6.45) is 6.64. The van der Waals surface area contributed by atoms with E-state index in [1.807, 2.05) is 6.07 Å². The Hall–Kier alpha value is -3.29. The van der Waals surface area contributed by atoms with Crippen molar-refractivity contribution in [3.63, 3.8) is 0 Å². The maximum absolute atomic E-state index is 12.5. The molecule has 23 heavy (non-hydrogen) atoms. The third-order valence-corrected chi connectivity index (χ3v) is 2.99. The van der Waals surface area contributed by atoms with E-state index in [1.165, 1.54) is 0 Å². The molecule has 0 aromatic carbocycles. The molecule has 0 saturated carbocycles. The van der Waals surface area contributed by atoms with Crippen molar-refractivity contribution in [2.45, 2.75) is 6.92 Å². The molecule has 0 spiro atoms. The van der Waals surface area contributed by atoms with Gasteiger partial charge in [-0.25, -0.2) is 9.97 Å². The van der Waals surface area contributed by atoms with E-state index >= 15 is 0 Å². The number of carbonyl (C=O) groups excluding carboxylic acids is 1. The molecule has 0 saturated heterocycles. The van der Waals surface area contributed by atoms with E-state index in [0.29, 0.717) is 17.3 Å². The van der Waals surface area contributed by atoms with E-state index < -0.39 is 0 Å². The predicted molar refractivity (Wildman–Crippen MR) is 85.4 cm³/mol. The Labute approximate surface area is 132 Å². The van der Waals surface area contributed by atoms with Crippen molar-refractivity contribution in [2.24, 2.45) is 7.05 Å². The minimum atomic E-state index is -0.383. The van der Waals surface area contributed by atoms with Gasteiger partial charge in [-0.05, 0) is 19.1 Å². The minimum absolute atomic E-state index is 0.194. The van der Waals surface area contributed by atoms with Gasteiger partial charge in [0.2, 0.25) is 0 Å². The van der Waals surface area contributed by atoms with Crippen molar-refractivity contribution < 1.29 is 4.79 Å². The molecule has 0 aliphatic heterocycles. The van der Waals surface area contributed by atoms with Crippen LogP contribution in [0.2, 0.25) is 0 Å². The van der Waals surface area contributed by atoms with Gasteiger partial charge in [0.1, 0.15) is 0 Å².